The van der Waals surface area contributed by atoms with Gasteiger partial charge >= 0.3 is 5.97 Å². The van der Waals surface area contributed by atoms with Crippen molar-refractivity contribution < 1.29 is 43.9 Å². The van der Waals surface area contributed by atoms with E-state index in [1.54, 1.807) is 13.0 Å². The average Bonchev–Trinajstić information content (AvgIpc) is 3.47. The molecule has 0 amide bonds. The lowest BCUT2D eigenvalue weighted by atomic mass is 9.43. The Hall–Kier alpha value is -1.36. The first-order chi connectivity index (χ1) is 18.6. The molecule has 13 atom stereocenters. The number of hydrogen-bond donors (Lipinski definition) is 3. The van der Waals surface area contributed by atoms with Crippen molar-refractivity contribution in [1.82, 2.24) is 0 Å². The Kier molecular flexibility index (Phi) is 7.04. The summed E-state index contributed by atoms with van der Waals surface area (Å²) >= 11 is 0. The number of aliphatic hydroxyl groups excluding tert-OH is 2. The quantitative estimate of drug-likeness (QED) is 0.269. The van der Waals surface area contributed by atoms with Crippen molar-refractivity contribution >= 4 is 12.3 Å². The number of ether oxygens (including phenoxy) is 4. The Labute approximate surface area is 230 Å². The molecule has 9 nitrogen and oxygen atoms in total. The molecule has 2 aliphatic heterocycles. The van der Waals surface area contributed by atoms with E-state index in [2.05, 4.69) is 6.92 Å². The highest BCUT2D eigenvalue weighted by Crippen LogP contribution is 2.69. The molecular formula is C30H44O9. The maximum absolute atomic E-state index is 13.0. The van der Waals surface area contributed by atoms with Gasteiger partial charge in [-0.05, 0) is 94.0 Å². The first-order valence-corrected chi connectivity index (χ1v) is 14.8. The standard InChI is InChI=1S/C30H44O9/c1-16-24(33)26(36-3)25(34)27(38-16)39-19-6-10-29(15-31)18(13-19)4-5-22-21(29)7-9-28(2)20(8-11-30(22,28)35)17-12-23(32)37-14-17/h12,15-16,18-22,24-27,33-35H,4-11,13-14H2,1-3H3/t16-,18+,19-,20+,21?,22?,24-,25-,26+,27?,28+,29+,30-/m0/s1. The van der Waals surface area contributed by atoms with Crippen LogP contribution in [0.1, 0.15) is 71.6 Å². The molecule has 4 aliphatic carbocycles. The second-order valence-corrected chi connectivity index (χ2v) is 13.4. The average molecular weight is 549 g/mol. The van der Waals surface area contributed by atoms with Crippen LogP contribution >= 0.6 is 0 Å². The van der Waals surface area contributed by atoms with Crippen LogP contribution in [-0.4, -0.2) is 83.7 Å². The van der Waals surface area contributed by atoms with Crippen molar-refractivity contribution in [3.63, 3.8) is 0 Å². The van der Waals surface area contributed by atoms with Crippen LogP contribution in [0, 0.1) is 34.5 Å². The number of esters is 1. The Balaban J connectivity index is 1.18. The monoisotopic (exact) mass is 548 g/mol. The molecule has 0 spiro atoms. The van der Waals surface area contributed by atoms with E-state index in [1.165, 1.54) is 13.4 Å². The molecule has 6 aliphatic rings. The SMILES string of the molecule is CO[C@@H]1[C@@H](O)[C@H](C)OC(O[C@H]2CC[C@]3(C=O)C4CC[C@]5(C)[C@@H](C6=CC(=O)OC6)CC[C@]5(O)C4CC[C@@H]3C2)[C@H]1O. The predicted molar refractivity (Wildman–Crippen MR) is 138 cm³/mol. The van der Waals surface area contributed by atoms with Crippen LogP contribution in [0.15, 0.2) is 11.6 Å². The third-order valence-electron chi connectivity index (χ3n) is 12.1. The number of carbonyl (C=O) groups is 2. The van der Waals surface area contributed by atoms with Crippen LogP contribution in [0.25, 0.3) is 0 Å². The van der Waals surface area contributed by atoms with E-state index in [0.29, 0.717) is 32.3 Å². The minimum Gasteiger partial charge on any atom is -0.458 e. The molecule has 39 heavy (non-hydrogen) atoms. The molecule has 218 valence electrons. The first-order valence-electron chi connectivity index (χ1n) is 14.8. The zero-order valence-electron chi connectivity index (χ0n) is 23.3. The number of hydrogen-bond acceptors (Lipinski definition) is 9. The van der Waals surface area contributed by atoms with Gasteiger partial charge in [0.05, 0.1) is 17.8 Å². The summed E-state index contributed by atoms with van der Waals surface area (Å²) in [4.78, 5) is 24.8. The fraction of sp³-hybridized carbons (Fsp3) is 0.867. The molecule has 0 radical (unpaired) electrons. The van der Waals surface area contributed by atoms with E-state index in [1.807, 2.05) is 0 Å². The molecule has 3 N–H and O–H groups in total. The third kappa shape index (κ3) is 4.02. The topological polar surface area (TPSA) is 132 Å². The van der Waals surface area contributed by atoms with Gasteiger partial charge in [-0.3, -0.25) is 0 Å². The molecule has 0 aromatic carbocycles. The Morgan fingerprint density at radius 1 is 1.05 bits per heavy atom. The van der Waals surface area contributed by atoms with E-state index in [0.717, 1.165) is 37.7 Å². The summed E-state index contributed by atoms with van der Waals surface area (Å²) in [6, 6.07) is 0. The number of fused-ring (bicyclic) bond motifs is 5. The maximum atomic E-state index is 13.0. The van der Waals surface area contributed by atoms with Crippen LogP contribution in [0.5, 0.6) is 0 Å². The fourth-order valence-electron chi connectivity index (χ4n) is 10.00. The molecule has 4 saturated carbocycles. The number of methoxy groups -OCH3 is 1. The van der Waals surface area contributed by atoms with Crippen LogP contribution in [0.4, 0.5) is 0 Å². The van der Waals surface area contributed by atoms with Gasteiger partial charge in [-0.1, -0.05) is 6.92 Å². The van der Waals surface area contributed by atoms with E-state index in [4.69, 9.17) is 18.9 Å². The van der Waals surface area contributed by atoms with Crippen LogP contribution in [0.2, 0.25) is 0 Å². The summed E-state index contributed by atoms with van der Waals surface area (Å²) in [6.45, 7) is 4.25. The van der Waals surface area contributed by atoms with Gasteiger partial charge in [0.2, 0.25) is 0 Å². The molecule has 5 fully saturated rings. The number of cyclic esters (lactones) is 1. The lowest BCUT2D eigenvalue weighted by molar-refractivity contribution is -0.312. The summed E-state index contributed by atoms with van der Waals surface area (Å²) in [5, 5.41) is 33.4. The molecular weight excluding hydrogens is 504 g/mol. The lowest BCUT2D eigenvalue weighted by Crippen LogP contribution is -2.63. The normalized spacial score (nSPS) is 53.3. The molecule has 0 aromatic heterocycles. The van der Waals surface area contributed by atoms with Gasteiger partial charge < -0.3 is 39.1 Å². The highest BCUT2D eigenvalue weighted by atomic mass is 16.7. The molecule has 2 heterocycles. The van der Waals surface area contributed by atoms with E-state index >= 15 is 0 Å². The highest BCUT2D eigenvalue weighted by molar-refractivity contribution is 5.85. The summed E-state index contributed by atoms with van der Waals surface area (Å²) < 4.78 is 22.6. The Bertz CT molecular complexity index is 1010. The lowest BCUT2D eigenvalue weighted by Gasteiger charge is -2.63. The molecule has 0 bridgehead atoms. The zero-order chi connectivity index (χ0) is 27.7. The van der Waals surface area contributed by atoms with Gasteiger partial charge in [-0.25, -0.2) is 4.79 Å². The Morgan fingerprint density at radius 2 is 1.85 bits per heavy atom. The largest absolute Gasteiger partial charge is 0.458 e. The summed E-state index contributed by atoms with van der Waals surface area (Å²) in [7, 11) is 1.46. The van der Waals surface area contributed by atoms with Gasteiger partial charge in [-0.2, -0.15) is 0 Å². The van der Waals surface area contributed by atoms with Crippen molar-refractivity contribution in [2.24, 2.45) is 34.5 Å². The van der Waals surface area contributed by atoms with Gasteiger partial charge in [0.1, 0.15) is 31.2 Å². The van der Waals surface area contributed by atoms with Crippen LogP contribution in [-0.2, 0) is 28.5 Å². The van der Waals surface area contributed by atoms with Crippen molar-refractivity contribution in [1.29, 1.82) is 0 Å². The van der Waals surface area contributed by atoms with Crippen molar-refractivity contribution in [3.8, 4) is 0 Å². The molecule has 6 rings (SSSR count). The van der Waals surface area contributed by atoms with E-state index in [-0.39, 0.29) is 41.2 Å². The van der Waals surface area contributed by atoms with Crippen molar-refractivity contribution in [2.45, 2.75) is 114 Å². The van der Waals surface area contributed by atoms with Gasteiger partial charge in [0.15, 0.2) is 6.29 Å². The van der Waals surface area contributed by atoms with Crippen molar-refractivity contribution in [3.05, 3.63) is 11.6 Å². The Morgan fingerprint density at radius 3 is 2.54 bits per heavy atom. The molecule has 1 saturated heterocycles. The van der Waals surface area contributed by atoms with Gasteiger partial charge in [0, 0.05) is 24.0 Å². The second-order valence-electron chi connectivity index (χ2n) is 13.4. The fourth-order valence-corrected chi connectivity index (χ4v) is 10.00. The first kappa shape index (κ1) is 27.8. The van der Waals surface area contributed by atoms with Gasteiger partial charge in [0.25, 0.3) is 0 Å². The predicted octanol–water partition coefficient (Wildman–Crippen LogP) is 2.29. The third-order valence-corrected chi connectivity index (χ3v) is 12.1. The minimum atomic E-state index is -1.11. The number of aldehydes is 1. The molecule has 0 aromatic rings. The van der Waals surface area contributed by atoms with Gasteiger partial charge in [-0.15, -0.1) is 0 Å². The van der Waals surface area contributed by atoms with E-state index < -0.39 is 41.7 Å². The molecule has 3 unspecified atom stereocenters. The summed E-state index contributed by atoms with van der Waals surface area (Å²) in [6.07, 6.45) is 5.39. The number of aliphatic hydroxyl groups is 3. The minimum absolute atomic E-state index is 0.0482. The van der Waals surface area contributed by atoms with Crippen molar-refractivity contribution in [2.75, 3.05) is 13.7 Å². The number of carbonyl (C=O) groups excluding carboxylic acids is 2. The number of rotatable bonds is 5. The van der Waals surface area contributed by atoms with Crippen LogP contribution in [0.3, 0.4) is 0 Å². The second kappa shape index (κ2) is 9.88. The highest BCUT2D eigenvalue weighted by Gasteiger charge is 2.68. The molecule has 9 heteroatoms. The summed E-state index contributed by atoms with van der Waals surface area (Å²) in [5.41, 5.74) is -0.682. The van der Waals surface area contributed by atoms with Crippen LogP contribution < -0.4 is 0 Å². The zero-order valence-corrected chi connectivity index (χ0v) is 23.3. The van der Waals surface area contributed by atoms with E-state index in [9.17, 15) is 24.9 Å². The smallest absolute Gasteiger partial charge is 0.331 e. The summed E-state index contributed by atoms with van der Waals surface area (Å²) in [5.74, 6) is 0.152. The maximum Gasteiger partial charge on any atom is 0.331 e.